The molecule has 7 nitrogen and oxygen atoms in total. The maximum absolute atomic E-state index is 12.7. The summed E-state index contributed by atoms with van der Waals surface area (Å²) in [6, 6.07) is 7.10. The summed E-state index contributed by atoms with van der Waals surface area (Å²) in [7, 11) is 1.83. The summed E-state index contributed by atoms with van der Waals surface area (Å²) in [6.45, 7) is 1.75. The van der Waals surface area contributed by atoms with Crippen molar-refractivity contribution in [3.8, 4) is 0 Å². The number of benzene rings is 1. The van der Waals surface area contributed by atoms with Crippen LogP contribution in [0.3, 0.4) is 0 Å². The summed E-state index contributed by atoms with van der Waals surface area (Å²) in [6.07, 6.45) is 3.93. The summed E-state index contributed by atoms with van der Waals surface area (Å²) < 4.78 is 1.35. The number of carbonyl (C=O) groups is 2. The molecule has 0 unspecified atom stereocenters. The number of aromatic nitrogens is 2. The molecular weight excluding hydrogens is 332 g/mol. The zero-order chi connectivity index (χ0) is 18.3. The van der Waals surface area contributed by atoms with Crippen LogP contribution in [0.4, 0.5) is 0 Å². The number of likely N-dealkylation sites (tertiary alicyclic amines) is 2. The largest absolute Gasteiger partial charge is 0.345 e. The molecule has 26 heavy (non-hydrogen) atoms. The Balaban J connectivity index is 1.52. The Kier molecular flexibility index (Phi) is 4.01. The minimum atomic E-state index is -0.435. The van der Waals surface area contributed by atoms with Gasteiger partial charge in [0.25, 0.3) is 5.56 Å². The van der Waals surface area contributed by atoms with Gasteiger partial charge < -0.3 is 9.80 Å². The average Bonchev–Trinajstić information content (AvgIpc) is 3.07. The van der Waals surface area contributed by atoms with E-state index in [2.05, 4.69) is 4.98 Å². The standard InChI is InChI=1S/C19H22N4O3/c1-21-9-4-7-19(18(21)26)8-10-22(12-19)16(24)11-23-13-20-15-6-3-2-5-14(15)17(23)25/h2-3,5-6,13H,4,7-12H2,1H3/t19-/m1/s1. The summed E-state index contributed by atoms with van der Waals surface area (Å²) in [5, 5.41) is 0.504. The molecule has 0 bridgehead atoms. The number of hydrogen-bond donors (Lipinski definition) is 0. The first kappa shape index (κ1) is 16.8. The van der Waals surface area contributed by atoms with E-state index in [-0.39, 0.29) is 23.9 Å². The van der Waals surface area contributed by atoms with Crippen LogP contribution in [0.25, 0.3) is 10.9 Å². The molecule has 2 aliphatic heterocycles. The van der Waals surface area contributed by atoms with Crippen LogP contribution < -0.4 is 5.56 Å². The van der Waals surface area contributed by atoms with Crippen LogP contribution in [0.5, 0.6) is 0 Å². The topological polar surface area (TPSA) is 75.5 Å². The minimum Gasteiger partial charge on any atom is -0.345 e. The molecule has 2 amide bonds. The molecule has 1 spiro atoms. The van der Waals surface area contributed by atoms with Gasteiger partial charge in [0.1, 0.15) is 6.54 Å². The third-order valence-electron chi connectivity index (χ3n) is 5.69. The summed E-state index contributed by atoms with van der Waals surface area (Å²) in [4.78, 5) is 45.6. The van der Waals surface area contributed by atoms with Crippen LogP contribution in [0.1, 0.15) is 19.3 Å². The average molecular weight is 354 g/mol. The maximum atomic E-state index is 12.7. The van der Waals surface area contributed by atoms with Gasteiger partial charge in [0.15, 0.2) is 0 Å². The third-order valence-corrected chi connectivity index (χ3v) is 5.69. The molecule has 2 fully saturated rings. The van der Waals surface area contributed by atoms with E-state index in [4.69, 9.17) is 0 Å². The Labute approximate surface area is 151 Å². The zero-order valence-corrected chi connectivity index (χ0v) is 14.9. The van der Waals surface area contributed by atoms with Crippen LogP contribution >= 0.6 is 0 Å². The molecule has 1 atom stereocenters. The smallest absolute Gasteiger partial charge is 0.261 e. The second-order valence-electron chi connectivity index (χ2n) is 7.37. The van der Waals surface area contributed by atoms with Crippen molar-refractivity contribution in [2.75, 3.05) is 26.7 Å². The van der Waals surface area contributed by atoms with Crippen LogP contribution in [0.15, 0.2) is 35.4 Å². The Hall–Kier alpha value is -2.70. The first-order chi connectivity index (χ1) is 12.5. The lowest BCUT2D eigenvalue weighted by atomic mass is 9.78. The van der Waals surface area contributed by atoms with Crippen molar-refractivity contribution in [2.24, 2.45) is 5.41 Å². The molecule has 136 valence electrons. The molecule has 0 saturated carbocycles. The quantitative estimate of drug-likeness (QED) is 0.802. The Bertz CT molecular complexity index is 938. The number of amides is 2. The van der Waals surface area contributed by atoms with Crippen molar-refractivity contribution in [2.45, 2.75) is 25.8 Å². The van der Waals surface area contributed by atoms with Crippen LogP contribution in [-0.4, -0.2) is 57.8 Å². The monoisotopic (exact) mass is 354 g/mol. The molecule has 2 aliphatic rings. The molecule has 2 saturated heterocycles. The van der Waals surface area contributed by atoms with Gasteiger partial charge in [0.2, 0.25) is 11.8 Å². The summed E-state index contributed by atoms with van der Waals surface area (Å²) >= 11 is 0. The van der Waals surface area contributed by atoms with Crippen molar-refractivity contribution >= 4 is 22.7 Å². The number of hydrogen-bond acceptors (Lipinski definition) is 4. The first-order valence-corrected chi connectivity index (χ1v) is 8.98. The van der Waals surface area contributed by atoms with Crippen molar-refractivity contribution in [1.29, 1.82) is 0 Å². The highest BCUT2D eigenvalue weighted by atomic mass is 16.2. The lowest BCUT2D eigenvalue weighted by Crippen LogP contribution is -2.49. The number of nitrogens with zero attached hydrogens (tertiary/aromatic N) is 4. The number of carbonyl (C=O) groups excluding carboxylic acids is 2. The second kappa shape index (κ2) is 6.23. The number of piperidine rings is 1. The van der Waals surface area contributed by atoms with E-state index < -0.39 is 5.41 Å². The Morgan fingerprint density at radius 1 is 1.19 bits per heavy atom. The fourth-order valence-electron chi connectivity index (χ4n) is 4.20. The zero-order valence-electron chi connectivity index (χ0n) is 14.9. The van der Waals surface area contributed by atoms with Gasteiger partial charge in [-0.25, -0.2) is 4.98 Å². The highest BCUT2D eigenvalue weighted by molar-refractivity contribution is 5.86. The fourth-order valence-corrected chi connectivity index (χ4v) is 4.20. The molecule has 7 heteroatoms. The van der Waals surface area contributed by atoms with Gasteiger partial charge in [-0.3, -0.25) is 19.0 Å². The van der Waals surface area contributed by atoms with E-state index in [9.17, 15) is 14.4 Å². The molecule has 1 aromatic carbocycles. The molecule has 2 aromatic rings. The fraction of sp³-hybridized carbons (Fsp3) is 0.474. The van der Waals surface area contributed by atoms with Gasteiger partial charge in [-0.15, -0.1) is 0 Å². The summed E-state index contributed by atoms with van der Waals surface area (Å²) in [5.74, 6) is 0.00525. The Morgan fingerprint density at radius 3 is 2.85 bits per heavy atom. The predicted molar refractivity (Wildman–Crippen MR) is 96.5 cm³/mol. The molecule has 3 heterocycles. The Morgan fingerprint density at radius 2 is 2.00 bits per heavy atom. The third kappa shape index (κ3) is 2.67. The molecule has 0 aliphatic carbocycles. The lowest BCUT2D eigenvalue weighted by Gasteiger charge is -2.37. The minimum absolute atomic E-state index is 0.0449. The molecule has 1 aromatic heterocycles. The molecule has 4 rings (SSSR count). The van der Waals surface area contributed by atoms with Crippen LogP contribution in [0.2, 0.25) is 0 Å². The SMILES string of the molecule is CN1CCC[C@]2(CCN(C(=O)Cn3cnc4ccccc4c3=O)C2)C1=O. The van der Waals surface area contributed by atoms with E-state index in [1.165, 1.54) is 10.9 Å². The van der Waals surface area contributed by atoms with Crippen molar-refractivity contribution in [1.82, 2.24) is 19.4 Å². The highest BCUT2D eigenvalue weighted by Crippen LogP contribution is 2.39. The van der Waals surface area contributed by atoms with E-state index in [1.807, 2.05) is 13.1 Å². The number of fused-ring (bicyclic) bond motifs is 1. The molecule has 0 N–H and O–H groups in total. The normalized spacial score (nSPS) is 23.2. The second-order valence-corrected chi connectivity index (χ2v) is 7.37. The highest BCUT2D eigenvalue weighted by Gasteiger charge is 2.48. The van der Waals surface area contributed by atoms with Gasteiger partial charge >= 0.3 is 0 Å². The van der Waals surface area contributed by atoms with E-state index in [0.717, 1.165) is 19.4 Å². The molecular formula is C19H22N4O3. The van der Waals surface area contributed by atoms with Crippen molar-refractivity contribution in [3.63, 3.8) is 0 Å². The lowest BCUT2D eigenvalue weighted by molar-refractivity contribution is -0.144. The number of rotatable bonds is 2. The van der Waals surface area contributed by atoms with Crippen molar-refractivity contribution < 1.29 is 9.59 Å². The van der Waals surface area contributed by atoms with Gasteiger partial charge in [0.05, 0.1) is 22.6 Å². The van der Waals surface area contributed by atoms with Crippen LogP contribution in [-0.2, 0) is 16.1 Å². The van der Waals surface area contributed by atoms with Gasteiger partial charge in [-0.2, -0.15) is 0 Å². The van der Waals surface area contributed by atoms with Gasteiger partial charge in [-0.05, 0) is 31.4 Å². The van der Waals surface area contributed by atoms with E-state index in [0.29, 0.717) is 30.4 Å². The molecule has 0 radical (unpaired) electrons. The maximum Gasteiger partial charge on any atom is 0.261 e. The van der Waals surface area contributed by atoms with Crippen molar-refractivity contribution in [3.05, 3.63) is 40.9 Å². The van der Waals surface area contributed by atoms with E-state index in [1.54, 1.807) is 28.0 Å². The first-order valence-electron chi connectivity index (χ1n) is 8.98. The van der Waals surface area contributed by atoms with Gasteiger partial charge in [0, 0.05) is 26.7 Å². The van der Waals surface area contributed by atoms with Crippen LogP contribution in [0, 0.1) is 5.41 Å². The number of para-hydroxylation sites is 1. The van der Waals surface area contributed by atoms with E-state index >= 15 is 0 Å². The summed E-state index contributed by atoms with van der Waals surface area (Å²) in [5.41, 5.74) is -0.0292. The van der Waals surface area contributed by atoms with Gasteiger partial charge in [-0.1, -0.05) is 12.1 Å². The predicted octanol–water partition coefficient (Wildman–Crippen LogP) is 0.867.